The van der Waals surface area contributed by atoms with Crippen LogP contribution in [0.5, 0.6) is 0 Å². The summed E-state index contributed by atoms with van der Waals surface area (Å²) < 4.78 is 0. The van der Waals surface area contributed by atoms with Crippen LogP contribution in [0.25, 0.3) is 11.1 Å². The molecule has 90 valence electrons. The van der Waals surface area contributed by atoms with Crippen LogP contribution in [0.3, 0.4) is 0 Å². The van der Waals surface area contributed by atoms with E-state index in [0.29, 0.717) is 0 Å². The minimum atomic E-state index is 0. The van der Waals surface area contributed by atoms with E-state index < -0.39 is 0 Å². The molecule has 0 unspecified atom stereocenters. The normalized spacial score (nSPS) is 9.76. The monoisotopic (exact) mass is 248 g/mol. The van der Waals surface area contributed by atoms with Crippen molar-refractivity contribution >= 4 is 23.8 Å². The Kier molecular flexibility index (Phi) is 4.02. The van der Waals surface area contributed by atoms with Gasteiger partial charge in [0.25, 0.3) is 0 Å². The average Bonchev–Trinajstić information content (AvgIpc) is 2.28. The summed E-state index contributed by atoms with van der Waals surface area (Å²) in [5, 5.41) is 0. The number of anilines is 2. The maximum Gasteiger partial charge on any atom is 0.0346 e. The van der Waals surface area contributed by atoms with Gasteiger partial charge in [0.15, 0.2) is 0 Å². The largest absolute Gasteiger partial charge is 0.399 e. The van der Waals surface area contributed by atoms with Gasteiger partial charge in [-0.25, -0.2) is 0 Å². The van der Waals surface area contributed by atoms with Crippen LogP contribution in [0, 0.1) is 13.8 Å². The lowest BCUT2D eigenvalue weighted by Gasteiger charge is -2.11. The van der Waals surface area contributed by atoms with Gasteiger partial charge >= 0.3 is 0 Å². The summed E-state index contributed by atoms with van der Waals surface area (Å²) >= 11 is 0. The predicted octanol–water partition coefficient (Wildman–Crippen LogP) is 3.56. The van der Waals surface area contributed by atoms with Crippen molar-refractivity contribution in [1.29, 1.82) is 0 Å². The molecular weight excluding hydrogens is 232 g/mol. The molecule has 3 heteroatoms. The summed E-state index contributed by atoms with van der Waals surface area (Å²) in [5.74, 6) is 0. The summed E-state index contributed by atoms with van der Waals surface area (Å²) in [5.41, 5.74) is 17.9. The maximum absolute atomic E-state index is 5.87. The molecule has 0 saturated heterocycles. The van der Waals surface area contributed by atoms with Crippen LogP contribution in [0.15, 0.2) is 36.4 Å². The van der Waals surface area contributed by atoms with Crippen molar-refractivity contribution in [3.63, 3.8) is 0 Å². The minimum Gasteiger partial charge on any atom is -0.399 e. The van der Waals surface area contributed by atoms with Crippen molar-refractivity contribution in [2.75, 3.05) is 11.5 Å². The smallest absolute Gasteiger partial charge is 0.0346 e. The molecular formula is C14H17ClN2. The van der Waals surface area contributed by atoms with Crippen LogP contribution in [-0.2, 0) is 0 Å². The van der Waals surface area contributed by atoms with Crippen molar-refractivity contribution in [2.24, 2.45) is 0 Å². The quantitative estimate of drug-likeness (QED) is 0.759. The van der Waals surface area contributed by atoms with E-state index in [9.17, 15) is 0 Å². The van der Waals surface area contributed by atoms with E-state index >= 15 is 0 Å². The molecule has 2 aromatic rings. The molecule has 0 spiro atoms. The number of benzene rings is 2. The first kappa shape index (κ1) is 13.4. The number of nitrogens with two attached hydrogens (primary N) is 2. The van der Waals surface area contributed by atoms with Gasteiger partial charge in [0.1, 0.15) is 0 Å². The van der Waals surface area contributed by atoms with E-state index in [-0.39, 0.29) is 12.4 Å². The first-order chi connectivity index (χ1) is 7.59. The van der Waals surface area contributed by atoms with Crippen LogP contribution in [-0.4, -0.2) is 0 Å². The lowest BCUT2D eigenvalue weighted by atomic mass is 9.96. The SMILES string of the molecule is Cc1c(N)ccc(-c2ccc(N)cc2)c1C.Cl. The Balaban J connectivity index is 0.00000144. The van der Waals surface area contributed by atoms with Gasteiger partial charge in [0.2, 0.25) is 0 Å². The summed E-state index contributed by atoms with van der Waals surface area (Å²) in [6, 6.07) is 11.9. The highest BCUT2D eigenvalue weighted by atomic mass is 35.5. The van der Waals surface area contributed by atoms with Crippen molar-refractivity contribution in [3.05, 3.63) is 47.5 Å². The van der Waals surface area contributed by atoms with Crippen molar-refractivity contribution < 1.29 is 0 Å². The Morgan fingerprint density at radius 2 is 1.35 bits per heavy atom. The molecule has 17 heavy (non-hydrogen) atoms. The lowest BCUT2D eigenvalue weighted by Crippen LogP contribution is -1.94. The summed E-state index contributed by atoms with van der Waals surface area (Å²) in [7, 11) is 0. The fraction of sp³-hybridized carbons (Fsp3) is 0.143. The average molecular weight is 249 g/mol. The van der Waals surface area contributed by atoms with E-state index in [1.807, 2.05) is 37.3 Å². The molecule has 0 aliphatic rings. The number of nitrogen functional groups attached to an aromatic ring is 2. The standard InChI is InChI=1S/C14H16N2.ClH/c1-9-10(2)14(16)8-7-13(9)11-3-5-12(15)6-4-11;/h3-8H,15-16H2,1-2H3;1H. The molecule has 2 aromatic carbocycles. The zero-order chi connectivity index (χ0) is 11.7. The van der Waals surface area contributed by atoms with Crippen molar-refractivity contribution in [3.8, 4) is 11.1 Å². The van der Waals surface area contributed by atoms with Gasteiger partial charge in [-0.2, -0.15) is 0 Å². The van der Waals surface area contributed by atoms with E-state index in [1.165, 1.54) is 16.7 Å². The molecule has 0 radical (unpaired) electrons. The topological polar surface area (TPSA) is 52.0 Å². The van der Waals surface area contributed by atoms with Gasteiger partial charge in [-0.05, 0) is 54.3 Å². The molecule has 0 bridgehead atoms. The van der Waals surface area contributed by atoms with Crippen molar-refractivity contribution in [1.82, 2.24) is 0 Å². The van der Waals surface area contributed by atoms with Gasteiger partial charge < -0.3 is 11.5 Å². The highest BCUT2D eigenvalue weighted by Gasteiger charge is 2.05. The Morgan fingerprint density at radius 1 is 0.765 bits per heavy atom. The highest BCUT2D eigenvalue weighted by molar-refractivity contribution is 5.85. The van der Waals surface area contributed by atoms with Crippen LogP contribution >= 0.6 is 12.4 Å². The molecule has 2 nitrogen and oxygen atoms in total. The molecule has 4 N–H and O–H groups in total. The van der Waals surface area contributed by atoms with Gasteiger partial charge in [-0.3, -0.25) is 0 Å². The summed E-state index contributed by atoms with van der Waals surface area (Å²) in [6.45, 7) is 4.14. The minimum absolute atomic E-state index is 0. The summed E-state index contributed by atoms with van der Waals surface area (Å²) in [6.07, 6.45) is 0. The van der Waals surface area contributed by atoms with Crippen LogP contribution in [0.2, 0.25) is 0 Å². The van der Waals surface area contributed by atoms with E-state index in [4.69, 9.17) is 11.5 Å². The molecule has 0 aliphatic heterocycles. The second-order valence-electron chi connectivity index (χ2n) is 4.07. The Hall–Kier alpha value is -1.67. The Morgan fingerprint density at radius 3 is 1.94 bits per heavy atom. The molecule has 0 aromatic heterocycles. The third-order valence-electron chi connectivity index (χ3n) is 3.05. The molecule has 0 saturated carbocycles. The molecule has 0 heterocycles. The zero-order valence-corrected chi connectivity index (χ0v) is 10.8. The zero-order valence-electron chi connectivity index (χ0n) is 10.0. The Labute approximate surface area is 108 Å². The van der Waals surface area contributed by atoms with Gasteiger partial charge in [-0.1, -0.05) is 18.2 Å². The van der Waals surface area contributed by atoms with Gasteiger partial charge in [0.05, 0.1) is 0 Å². The van der Waals surface area contributed by atoms with E-state index in [1.54, 1.807) is 0 Å². The fourth-order valence-electron chi connectivity index (χ4n) is 1.82. The predicted molar refractivity (Wildman–Crippen MR) is 77.4 cm³/mol. The third kappa shape index (κ3) is 2.53. The highest BCUT2D eigenvalue weighted by Crippen LogP contribution is 2.28. The molecule has 2 rings (SSSR count). The number of rotatable bonds is 1. The first-order valence-electron chi connectivity index (χ1n) is 5.31. The fourth-order valence-corrected chi connectivity index (χ4v) is 1.82. The molecule has 0 amide bonds. The number of hydrogen-bond acceptors (Lipinski definition) is 2. The van der Waals surface area contributed by atoms with E-state index in [0.717, 1.165) is 16.9 Å². The summed E-state index contributed by atoms with van der Waals surface area (Å²) in [4.78, 5) is 0. The third-order valence-corrected chi connectivity index (χ3v) is 3.05. The second-order valence-corrected chi connectivity index (χ2v) is 4.07. The molecule has 0 fully saturated rings. The first-order valence-corrected chi connectivity index (χ1v) is 5.31. The van der Waals surface area contributed by atoms with Gasteiger partial charge in [0, 0.05) is 11.4 Å². The maximum atomic E-state index is 5.87. The molecule has 0 aliphatic carbocycles. The lowest BCUT2D eigenvalue weighted by molar-refractivity contribution is 1.34. The van der Waals surface area contributed by atoms with Crippen LogP contribution < -0.4 is 11.5 Å². The van der Waals surface area contributed by atoms with Crippen molar-refractivity contribution in [2.45, 2.75) is 13.8 Å². The van der Waals surface area contributed by atoms with Crippen LogP contribution in [0.4, 0.5) is 11.4 Å². The number of halogens is 1. The second kappa shape index (κ2) is 5.11. The molecule has 0 atom stereocenters. The number of hydrogen-bond donors (Lipinski definition) is 2. The van der Waals surface area contributed by atoms with Gasteiger partial charge in [-0.15, -0.1) is 12.4 Å². The Bertz CT molecular complexity index is 518. The van der Waals surface area contributed by atoms with E-state index in [2.05, 4.69) is 13.0 Å². The van der Waals surface area contributed by atoms with Crippen LogP contribution in [0.1, 0.15) is 11.1 Å².